The SMILES string of the molecule is CC1CCN(Cc2cc(F)cc([N+](=O)[O-])c2)C(C(=O)O)C1. The third kappa shape index (κ3) is 3.75. The van der Waals surface area contributed by atoms with Crippen molar-refractivity contribution in [3.8, 4) is 0 Å². The molecule has 0 spiro atoms. The van der Waals surface area contributed by atoms with Crippen LogP contribution in [0.4, 0.5) is 10.1 Å². The largest absolute Gasteiger partial charge is 0.480 e. The fourth-order valence-electron chi connectivity index (χ4n) is 2.70. The van der Waals surface area contributed by atoms with Gasteiger partial charge in [0, 0.05) is 12.6 Å². The van der Waals surface area contributed by atoms with Gasteiger partial charge >= 0.3 is 5.97 Å². The lowest BCUT2D eigenvalue weighted by Gasteiger charge is -2.35. The summed E-state index contributed by atoms with van der Waals surface area (Å²) in [5.74, 6) is -1.27. The highest BCUT2D eigenvalue weighted by molar-refractivity contribution is 5.73. The lowest BCUT2D eigenvalue weighted by Crippen LogP contribution is -2.46. The standard InChI is InChI=1S/C14H17FN2O4/c1-9-2-3-16(13(4-9)14(18)19)8-10-5-11(15)7-12(6-10)17(20)21/h5-7,9,13H,2-4,8H2,1H3,(H,18,19). The number of halogens is 1. The van der Waals surface area contributed by atoms with Gasteiger partial charge in [0.15, 0.2) is 0 Å². The lowest BCUT2D eigenvalue weighted by molar-refractivity contribution is -0.385. The van der Waals surface area contributed by atoms with E-state index in [9.17, 15) is 24.4 Å². The molecule has 1 fully saturated rings. The first-order chi connectivity index (χ1) is 9.86. The zero-order valence-electron chi connectivity index (χ0n) is 11.7. The Kier molecular flexibility index (Phi) is 4.52. The minimum absolute atomic E-state index is 0.197. The molecule has 114 valence electrons. The predicted octanol–water partition coefficient (Wildman–Crippen LogP) is 2.42. The number of non-ortho nitro benzene ring substituents is 1. The predicted molar refractivity (Wildman–Crippen MR) is 73.3 cm³/mol. The number of benzene rings is 1. The average Bonchev–Trinajstić information content (AvgIpc) is 2.40. The van der Waals surface area contributed by atoms with Gasteiger partial charge < -0.3 is 5.11 Å². The summed E-state index contributed by atoms with van der Waals surface area (Å²) >= 11 is 0. The first-order valence-corrected chi connectivity index (χ1v) is 6.77. The van der Waals surface area contributed by atoms with Crippen molar-refractivity contribution in [3.63, 3.8) is 0 Å². The molecule has 1 aliphatic rings. The van der Waals surface area contributed by atoms with Gasteiger partial charge in [-0.05, 0) is 36.9 Å². The number of likely N-dealkylation sites (tertiary alicyclic amines) is 1. The fourth-order valence-corrected chi connectivity index (χ4v) is 2.70. The van der Waals surface area contributed by atoms with E-state index in [0.29, 0.717) is 24.4 Å². The Hall–Kier alpha value is -2.02. The summed E-state index contributed by atoms with van der Waals surface area (Å²) in [4.78, 5) is 23.1. The fraction of sp³-hybridized carbons (Fsp3) is 0.500. The van der Waals surface area contributed by atoms with Crippen LogP contribution in [0.15, 0.2) is 18.2 Å². The molecule has 0 aromatic heterocycles. The smallest absolute Gasteiger partial charge is 0.320 e. The van der Waals surface area contributed by atoms with Gasteiger partial charge in [-0.3, -0.25) is 19.8 Å². The Morgan fingerprint density at radius 3 is 2.86 bits per heavy atom. The van der Waals surface area contributed by atoms with Crippen molar-refractivity contribution in [3.05, 3.63) is 39.7 Å². The van der Waals surface area contributed by atoms with Crippen molar-refractivity contribution in [1.29, 1.82) is 0 Å². The second-order valence-electron chi connectivity index (χ2n) is 5.53. The number of nitro groups is 1. The second kappa shape index (κ2) is 6.17. The summed E-state index contributed by atoms with van der Waals surface area (Å²) in [6.07, 6.45) is 1.40. The van der Waals surface area contributed by atoms with Gasteiger partial charge in [-0.1, -0.05) is 6.92 Å². The maximum Gasteiger partial charge on any atom is 0.320 e. The second-order valence-corrected chi connectivity index (χ2v) is 5.53. The number of piperidine rings is 1. The van der Waals surface area contributed by atoms with E-state index in [4.69, 9.17) is 0 Å². The van der Waals surface area contributed by atoms with Crippen LogP contribution in [0.3, 0.4) is 0 Å². The van der Waals surface area contributed by atoms with Crippen LogP contribution in [0.2, 0.25) is 0 Å². The average molecular weight is 296 g/mol. The van der Waals surface area contributed by atoms with Crippen molar-refractivity contribution in [2.45, 2.75) is 32.4 Å². The van der Waals surface area contributed by atoms with Crippen molar-refractivity contribution < 1.29 is 19.2 Å². The first-order valence-electron chi connectivity index (χ1n) is 6.77. The molecule has 1 heterocycles. The number of nitro benzene ring substituents is 1. The lowest BCUT2D eigenvalue weighted by atomic mass is 9.92. The Balaban J connectivity index is 2.20. The number of nitrogens with zero attached hydrogens (tertiary/aromatic N) is 2. The normalized spacial score (nSPS) is 23.0. The quantitative estimate of drug-likeness (QED) is 0.681. The highest BCUT2D eigenvalue weighted by Gasteiger charge is 2.31. The summed E-state index contributed by atoms with van der Waals surface area (Å²) in [7, 11) is 0. The first kappa shape index (κ1) is 15.4. The number of rotatable bonds is 4. The topological polar surface area (TPSA) is 83.7 Å². The van der Waals surface area contributed by atoms with E-state index in [-0.39, 0.29) is 12.2 Å². The monoisotopic (exact) mass is 296 g/mol. The minimum atomic E-state index is -0.910. The van der Waals surface area contributed by atoms with Crippen LogP contribution < -0.4 is 0 Å². The molecular weight excluding hydrogens is 279 g/mol. The molecule has 2 rings (SSSR count). The number of carboxylic acid groups (broad SMARTS) is 1. The molecule has 0 saturated carbocycles. The molecule has 1 aromatic carbocycles. The van der Waals surface area contributed by atoms with Crippen molar-refractivity contribution in [1.82, 2.24) is 4.90 Å². The van der Waals surface area contributed by atoms with E-state index < -0.39 is 22.8 Å². The molecule has 1 aromatic rings. The van der Waals surface area contributed by atoms with E-state index in [1.807, 2.05) is 6.92 Å². The van der Waals surface area contributed by atoms with E-state index in [1.54, 1.807) is 4.90 Å². The number of carbonyl (C=O) groups is 1. The van der Waals surface area contributed by atoms with Gasteiger partial charge in [0.05, 0.1) is 11.0 Å². The highest BCUT2D eigenvalue weighted by Crippen LogP contribution is 2.25. The van der Waals surface area contributed by atoms with Gasteiger partial charge in [0.2, 0.25) is 0 Å². The van der Waals surface area contributed by atoms with E-state index in [2.05, 4.69) is 0 Å². The highest BCUT2D eigenvalue weighted by atomic mass is 19.1. The van der Waals surface area contributed by atoms with E-state index in [0.717, 1.165) is 12.5 Å². The van der Waals surface area contributed by atoms with Gasteiger partial charge in [-0.15, -0.1) is 0 Å². The number of aliphatic carboxylic acids is 1. The molecule has 0 bridgehead atoms. The molecule has 2 unspecified atom stereocenters. The van der Waals surface area contributed by atoms with Crippen LogP contribution in [0.5, 0.6) is 0 Å². The van der Waals surface area contributed by atoms with Gasteiger partial charge in [-0.2, -0.15) is 0 Å². The summed E-state index contributed by atoms with van der Waals surface area (Å²) in [6.45, 7) is 2.78. The van der Waals surface area contributed by atoms with Crippen molar-refractivity contribution >= 4 is 11.7 Å². The summed E-state index contributed by atoms with van der Waals surface area (Å²) in [5.41, 5.74) is 0.102. The maximum atomic E-state index is 13.4. The van der Waals surface area contributed by atoms with Crippen molar-refractivity contribution in [2.75, 3.05) is 6.54 Å². The van der Waals surface area contributed by atoms with Crippen LogP contribution in [0.1, 0.15) is 25.3 Å². The van der Waals surface area contributed by atoms with E-state index >= 15 is 0 Å². The summed E-state index contributed by atoms with van der Waals surface area (Å²) in [5, 5.41) is 20.0. The molecule has 7 heteroatoms. The molecule has 6 nitrogen and oxygen atoms in total. The number of hydrogen-bond donors (Lipinski definition) is 1. The van der Waals surface area contributed by atoms with Gasteiger partial charge in [0.1, 0.15) is 11.9 Å². The van der Waals surface area contributed by atoms with Crippen LogP contribution in [-0.2, 0) is 11.3 Å². The molecule has 2 atom stereocenters. The van der Waals surface area contributed by atoms with Crippen LogP contribution in [-0.4, -0.2) is 33.5 Å². The number of carboxylic acids is 1. The zero-order valence-corrected chi connectivity index (χ0v) is 11.7. The zero-order chi connectivity index (χ0) is 15.6. The van der Waals surface area contributed by atoms with Crippen LogP contribution in [0, 0.1) is 21.8 Å². The Bertz CT molecular complexity index is 564. The minimum Gasteiger partial charge on any atom is -0.480 e. The third-order valence-corrected chi connectivity index (χ3v) is 3.80. The Morgan fingerprint density at radius 2 is 2.24 bits per heavy atom. The van der Waals surface area contributed by atoms with Crippen molar-refractivity contribution in [2.24, 2.45) is 5.92 Å². The van der Waals surface area contributed by atoms with Crippen LogP contribution in [0.25, 0.3) is 0 Å². The summed E-state index contributed by atoms with van der Waals surface area (Å²) < 4.78 is 13.4. The third-order valence-electron chi connectivity index (χ3n) is 3.80. The molecule has 0 amide bonds. The molecule has 0 radical (unpaired) electrons. The Morgan fingerprint density at radius 1 is 1.52 bits per heavy atom. The molecule has 21 heavy (non-hydrogen) atoms. The molecule has 1 N–H and O–H groups in total. The molecular formula is C14H17FN2O4. The van der Waals surface area contributed by atoms with E-state index in [1.165, 1.54) is 12.1 Å². The van der Waals surface area contributed by atoms with Crippen LogP contribution >= 0.6 is 0 Å². The summed E-state index contributed by atoms with van der Waals surface area (Å²) in [6, 6.07) is 2.73. The Labute approximate surface area is 121 Å². The molecule has 1 saturated heterocycles. The number of hydrogen-bond acceptors (Lipinski definition) is 4. The molecule has 1 aliphatic heterocycles. The van der Waals surface area contributed by atoms with Gasteiger partial charge in [-0.25, -0.2) is 4.39 Å². The maximum absolute atomic E-state index is 13.4. The molecule has 0 aliphatic carbocycles. The van der Waals surface area contributed by atoms with Gasteiger partial charge in [0.25, 0.3) is 5.69 Å².